The zero-order valence-electron chi connectivity index (χ0n) is 9.38. The normalized spacial score (nSPS) is 14.7. The Balaban J connectivity index is 1.97. The maximum absolute atomic E-state index is 12.8. The molecule has 0 aliphatic carbocycles. The lowest BCUT2D eigenvalue weighted by atomic mass is 10.2. The number of anilines is 1. The molecule has 0 atom stereocenters. The second-order valence-electron chi connectivity index (χ2n) is 4.04. The number of aromatic hydroxyl groups is 1. The summed E-state index contributed by atoms with van der Waals surface area (Å²) in [4.78, 5) is 13.7. The topological polar surface area (TPSA) is 58.4 Å². The first-order valence-corrected chi connectivity index (χ1v) is 5.49. The van der Waals surface area contributed by atoms with E-state index in [2.05, 4.69) is 5.10 Å². The molecule has 1 amide bonds. The van der Waals surface area contributed by atoms with Crippen LogP contribution in [0.3, 0.4) is 0 Å². The van der Waals surface area contributed by atoms with Crippen molar-refractivity contribution < 1.29 is 14.3 Å². The van der Waals surface area contributed by atoms with Crippen LogP contribution in [0.15, 0.2) is 30.3 Å². The molecule has 0 unspecified atom stereocenters. The Morgan fingerprint density at radius 2 is 1.94 bits per heavy atom. The maximum Gasteiger partial charge on any atom is 0.276 e. The molecule has 18 heavy (non-hydrogen) atoms. The fraction of sp³-hybridized carbons (Fsp3) is 0.167. The van der Waals surface area contributed by atoms with Crippen molar-refractivity contribution in [2.24, 2.45) is 0 Å². The van der Waals surface area contributed by atoms with Crippen LogP contribution in [0, 0.1) is 5.82 Å². The summed E-state index contributed by atoms with van der Waals surface area (Å²) in [6.07, 6.45) is 0. The fourth-order valence-electron chi connectivity index (χ4n) is 2.05. The van der Waals surface area contributed by atoms with Gasteiger partial charge in [0.2, 0.25) is 5.88 Å². The number of hydrogen-bond acceptors (Lipinski definition) is 3. The zero-order chi connectivity index (χ0) is 12.7. The van der Waals surface area contributed by atoms with E-state index in [0.717, 1.165) is 0 Å². The number of carbonyl (C=O) groups is 1. The Morgan fingerprint density at radius 3 is 2.67 bits per heavy atom. The molecular formula is C12H10FN3O2. The Bertz CT molecular complexity index is 606. The molecule has 2 aromatic rings. The number of amides is 1. The second kappa shape index (κ2) is 3.83. The van der Waals surface area contributed by atoms with Gasteiger partial charge in [0.25, 0.3) is 5.91 Å². The fourth-order valence-corrected chi connectivity index (χ4v) is 2.05. The number of aromatic nitrogens is 2. The SMILES string of the molecule is O=C1c2cc(O)nn2CCN1c1ccc(F)cc1. The molecule has 3 rings (SSSR count). The molecule has 0 spiro atoms. The largest absolute Gasteiger partial charge is 0.492 e. The van der Waals surface area contributed by atoms with Gasteiger partial charge < -0.3 is 10.0 Å². The Morgan fingerprint density at radius 1 is 1.22 bits per heavy atom. The average molecular weight is 247 g/mol. The van der Waals surface area contributed by atoms with Crippen molar-refractivity contribution in [2.75, 3.05) is 11.4 Å². The van der Waals surface area contributed by atoms with Crippen LogP contribution in [0.4, 0.5) is 10.1 Å². The highest BCUT2D eigenvalue weighted by Gasteiger charge is 2.27. The highest BCUT2D eigenvalue weighted by molar-refractivity contribution is 6.05. The molecule has 6 heteroatoms. The van der Waals surface area contributed by atoms with Gasteiger partial charge in [-0.25, -0.2) is 4.39 Å². The van der Waals surface area contributed by atoms with Crippen LogP contribution in [0.1, 0.15) is 10.5 Å². The Kier molecular flexibility index (Phi) is 2.29. The van der Waals surface area contributed by atoms with Gasteiger partial charge in [-0.05, 0) is 24.3 Å². The van der Waals surface area contributed by atoms with Gasteiger partial charge in [-0.3, -0.25) is 9.48 Å². The predicted molar refractivity (Wildman–Crippen MR) is 62.0 cm³/mol. The summed E-state index contributed by atoms with van der Waals surface area (Å²) in [6, 6.07) is 7.06. The quantitative estimate of drug-likeness (QED) is 0.828. The molecule has 0 saturated heterocycles. The zero-order valence-corrected chi connectivity index (χ0v) is 9.38. The first-order chi connectivity index (χ1) is 8.65. The number of carbonyl (C=O) groups excluding carboxylic acids is 1. The molecule has 0 radical (unpaired) electrons. The third kappa shape index (κ3) is 1.62. The van der Waals surface area contributed by atoms with Crippen LogP contribution in [-0.2, 0) is 6.54 Å². The van der Waals surface area contributed by atoms with Gasteiger partial charge in [-0.2, -0.15) is 0 Å². The number of rotatable bonds is 1. The van der Waals surface area contributed by atoms with Crippen molar-refractivity contribution in [1.29, 1.82) is 0 Å². The first-order valence-electron chi connectivity index (χ1n) is 5.49. The molecule has 5 nitrogen and oxygen atoms in total. The summed E-state index contributed by atoms with van der Waals surface area (Å²) in [6.45, 7) is 0.942. The van der Waals surface area contributed by atoms with Crippen molar-refractivity contribution in [1.82, 2.24) is 9.78 Å². The summed E-state index contributed by atoms with van der Waals surface area (Å²) in [5.74, 6) is -0.758. The molecule has 1 aliphatic rings. The smallest absolute Gasteiger partial charge is 0.276 e. The molecule has 92 valence electrons. The predicted octanol–water partition coefficient (Wildman–Crippen LogP) is 1.39. The third-order valence-electron chi connectivity index (χ3n) is 2.91. The highest BCUT2D eigenvalue weighted by Crippen LogP contribution is 2.23. The van der Waals surface area contributed by atoms with Gasteiger partial charge in [-0.1, -0.05) is 0 Å². The minimum atomic E-state index is -0.342. The van der Waals surface area contributed by atoms with Crippen molar-refractivity contribution in [3.63, 3.8) is 0 Å². The van der Waals surface area contributed by atoms with Gasteiger partial charge in [0.05, 0.1) is 6.54 Å². The molecular weight excluding hydrogens is 237 g/mol. The van der Waals surface area contributed by atoms with Gasteiger partial charge >= 0.3 is 0 Å². The summed E-state index contributed by atoms with van der Waals surface area (Å²) in [5.41, 5.74) is 0.969. The lowest BCUT2D eigenvalue weighted by Gasteiger charge is -2.27. The van der Waals surface area contributed by atoms with Crippen LogP contribution in [-0.4, -0.2) is 27.3 Å². The molecule has 2 heterocycles. The summed E-state index contributed by atoms with van der Waals surface area (Å²) in [7, 11) is 0. The van der Waals surface area contributed by atoms with Crippen molar-refractivity contribution >= 4 is 11.6 Å². The second-order valence-corrected chi connectivity index (χ2v) is 4.04. The van der Waals surface area contributed by atoms with E-state index in [1.807, 2.05) is 0 Å². The van der Waals surface area contributed by atoms with Crippen LogP contribution in [0.2, 0.25) is 0 Å². The molecule has 0 fully saturated rings. The van der Waals surface area contributed by atoms with Crippen molar-refractivity contribution in [2.45, 2.75) is 6.54 Å². The minimum absolute atomic E-state index is 0.167. The Hall–Kier alpha value is -2.37. The lowest BCUT2D eigenvalue weighted by molar-refractivity contribution is 0.0962. The first kappa shape index (κ1) is 10.8. The molecule has 0 saturated carbocycles. The van der Waals surface area contributed by atoms with Gasteiger partial charge in [0.15, 0.2) is 0 Å². The standard InChI is InChI=1S/C12H10FN3O2/c13-8-1-3-9(4-2-8)15-5-6-16-10(12(15)18)7-11(17)14-16/h1-4,7H,5-6H2,(H,14,17). The van der Waals surface area contributed by atoms with E-state index in [0.29, 0.717) is 24.5 Å². The van der Waals surface area contributed by atoms with E-state index in [-0.39, 0.29) is 17.6 Å². The van der Waals surface area contributed by atoms with Crippen LogP contribution in [0.5, 0.6) is 5.88 Å². The van der Waals surface area contributed by atoms with Crippen LogP contribution in [0.25, 0.3) is 0 Å². The van der Waals surface area contributed by atoms with Crippen LogP contribution >= 0.6 is 0 Å². The number of benzene rings is 1. The average Bonchev–Trinajstić information content (AvgIpc) is 2.73. The van der Waals surface area contributed by atoms with Crippen molar-refractivity contribution in [3.8, 4) is 5.88 Å². The van der Waals surface area contributed by atoms with Crippen LogP contribution < -0.4 is 4.90 Å². The number of fused-ring (bicyclic) bond motifs is 1. The highest BCUT2D eigenvalue weighted by atomic mass is 19.1. The Labute approximate surface area is 102 Å². The summed E-state index contributed by atoms with van der Waals surface area (Å²) < 4.78 is 14.3. The molecule has 1 N–H and O–H groups in total. The van der Waals surface area contributed by atoms with Crippen molar-refractivity contribution in [3.05, 3.63) is 41.8 Å². The van der Waals surface area contributed by atoms with E-state index in [4.69, 9.17) is 0 Å². The molecule has 0 bridgehead atoms. The molecule has 1 aromatic heterocycles. The number of nitrogens with zero attached hydrogens (tertiary/aromatic N) is 3. The minimum Gasteiger partial charge on any atom is -0.492 e. The lowest BCUT2D eigenvalue weighted by Crippen LogP contribution is -2.40. The monoisotopic (exact) mass is 247 g/mol. The van der Waals surface area contributed by atoms with E-state index in [1.54, 1.807) is 12.1 Å². The van der Waals surface area contributed by atoms with Gasteiger partial charge in [0.1, 0.15) is 11.5 Å². The van der Waals surface area contributed by atoms with Gasteiger partial charge in [-0.15, -0.1) is 5.10 Å². The van der Waals surface area contributed by atoms with Gasteiger partial charge in [0, 0.05) is 18.3 Å². The van der Waals surface area contributed by atoms with E-state index < -0.39 is 0 Å². The molecule has 1 aliphatic heterocycles. The maximum atomic E-state index is 12.8. The van der Waals surface area contributed by atoms with E-state index in [1.165, 1.54) is 27.8 Å². The summed E-state index contributed by atoms with van der Waals surface area (Å²) in [5, 5.41) is 13.1. The number of halogens is 1. The van der Waals surface area contributed by atoms with E-state index >= 15 is 0 Å². The number of hydrogen-bond donors (Lipinski definition) is 1. The third-order valence-corrected chi connectivity index (χ3v) is 2.91. The summed E-state index contributed by atoms with van der Waals surface area (Å²) >= 11 is 0. The van der Waals surface area contributed by atoms with E-state index in [9.17, 15) is 14.3 Å². The molecule has 1 aromatic carbocycles.